The molecule has 0 aromatic heterocycles. The van der Waals surface area contributed by atoms with Crippen molar-refractivity contribution in [2.24, 2.45) is 0 Å². The zero-order chi connectivity index (χ0) is 25.4. The lowest BCUT2D eigenvalue weighted by Gasteiger charge is -2.39. The van der Waals surface area contributed by atoms with Gasteiger partial charge in [0.15, 0.2) is 0 Å². The molecule has 2 aliphatic heterocycles. The standard InChI is InChI=1S/C23H26BClF2N2O3.C2H6/c1-22(2)23(3,4)32-24(31-22)14-9-10-18(19(11-14)29-12-15(26)13-29)28(5)21(30)20-16(25)7-6-8-17(20)27;1-2/h6-11,15H,12-13H2,1-5H3;1-2H3. The van der Waals surface area contributed by atoms with Crippen LogP contribution in [0.5, 0.6) is 0 Å². The topological polar surface area (TPSA) is 42.0 Å². The van der Waals surface area contributed by atoms with Crippen molar-refractivity contribution in [2.45, 2.75) is 58.9 Å². The van der Waals surface area contributed by atoms with Crippen molar-refractivity contribution in [1.29, 1.82) is 0 Å². The van der Waals surface area contributed by atoms with Crippen molar-refractivity contribution in [2.75, 3.05) is 29.9 Å². The summed E-state index contributed by atoms with van der Waals surface area (Å²) in [4.78, 5) is 16.3. The minimum atomic E-state index is -0.939. The molecule has 0 saturated carbocycles. The quantitative estimate of drug-likeness (QED) is 0.548. The molecule has 0 radical (unpaired) electrons. The molecule has 4 rings (SSSR count). The van der Waals surface area contributed by atoms with Gasteiger partial charge in [0.2, 0.25) is 0 Å². The molecule has 0 unspecified atom stereocenters. The molecule has 2 aliphatic rings. The van der Waals surface area contributed by atoms with Crippen LogP contribution in [0.4, 0.5) is 20.2 Å². The SMILES string of the molecule is CC.CN(C(=O)c1c(F)cccc1Cl)c1ccc(B2OC(C)(C)C(C)(C)O2)cc1N1CC(F)C1. The van der Waals surface area contributed by atoms with Crippen molar-refractivity contribution in [3.05, 3.63) is 52.8 Å². The first kappa shape index (κ1) is 26.4. The van der Waals surface area contributed by atoms with E-state index in [9.17, 15) is 13.6 Å². The number of rotatable bonds is 4. The highest BCUT2D eigenvalue weighted by molar-refractivity contribution is 6.62. The van der Waals surface area contributed by atoms with Crippen molar-refractivity contribution < 1.29 is 22.9 Å². The summed E-state index contributed by atoms with van der Waals surface area (Å²) in [6.07, 6.45) is -0.939. The van der Waals surface area contributed by atoms with Gasteiger partial charge in [-0.3, -0.25) is 4.79 Å². The highest BCUT2D eigenvalue weighted by atomic mass is 35.5. The molecular weight excluding hydrogens is 461 g/mol. The van der Waals surface area contributed by atoms with E-state index in [1.54, 1.807) is 19.2 Å². The van der Waals surface area contributed by atoms with E-state index in [-0.39, 0.29) is 23.7 Å². The fourth-order valence-corrected chi connectivity index (χ4v) is 4.05. The lowest BCUT2D eigenvalue weighted by molar-refractivity contribution is 0.00578. The molecule has 0 spiro atoms. The predicted molar refractivity (Wildman–Crippen MR) is 135 cm³/mol. The molecule has 0 bridgehead atoms. The number of anilines is 2. The van der Waals surface area contributed by atoms with Crippen LogP contribution in [0.1, 0.15) is 51.9 Å². The van der Waals surface area contributed by atoms with E-state index < -0.39 is 36.2 Å². The molecule has 2 fully saturated rings. The summed E-state index contributed by atoms with van der Waals surface area (Å²) in [7, 11) is 0.947. The van der Waals surface area contributed by atoms with E-state index in [2.05, 4.69) is 0 Å². The monoisotopic (exact) mass is 492 g/mol. The second-order valence-electron chi connectivity index (χ2n) is 9.30. The van der Waals surface area contributed by atoms with Crippen LogP contribution in [0.15, 0.2) is 36.4 Å². The second kappa shape index (κ2) is 9.84. The molecule has 1 amide bonds. The van der Waals surface area contributed by atoms with Crippen LogP contribution in [0.25, 0.3) is 0 Å². The molecule has 2 aromatic rings. The Kier molecular flexibility index (Phi) is 7.65. The number of halogens is 3. The minimum Gasteiger partial charge on any atom is -0.399 e. The molecule has 0 atom stereocenters. The molecule has 34 heavy (non-hydrogen) atoms. The van der Waals surface area contributed by atoms with E-state index in [4.69, 9.17) is 20.9 Å². The third-order valence-electron chi connectivity index (χ3n) is 6.55. The Morgan fingerprint density at radius 1 is 1.12 bits per heavy atom. The summed E-state index contributed by atoms with van der Waals surface area (Å²) in [6.45, 7) is 12.3. The van der Waals surface area contributed by atoms with Crippen LogP contribution in [0.3, 0.4) is 0 Å². The van der Waals surface area contributed by atoms with Crippen LogP contribution in [-0.4, -0.2) is 50.5 Å². The highest BCUT2D eigenvalue weighted by Gasteiger charge is 2.52. The van der Waals surface area contributed by atoms with Gasteiger partial charge in [-0.1, -0.05) is 37.6 Å². The average Bonchev–Trinajstić information content (AvgIpc) is 2.98. The third-order valence-corrected chi connectivity index (χ3v) is 6.86. The predicted octanol–water partition coefficient (Wildman–Crippen LogP) is 5.24. The second-order valence-corrected chi connectivity index (χ2v) is 9.71. The largest absolute Gasteiger partial charge is 0.494 e. The maximum Gasteiger partial charge on any atom is 0.494 e. The van der Waals surface area contributed by atoms with Crippen LogP contribution >= 0.6 is 11.6 Å². The third kappa shape index (κ3) is 4.81. The molecule has 2 heterocycles. The number of benzene rings is 2. The summed E-state index contributed by atoms with van der Waals surface area (Å²) in [5.41, 5.74) is 0.701. The molecule has 184 valence electrons. The Morgan fingerprint density at radius 2 is 1.71 bits per heavy atom. The van der Waals surface area contributed by atoms with Crippen LogP contribution < -0.4 is 15.3 Å². The number of carbonyl (C=O) groups is 1. The summed E-state index contributed by atoms with van der Waals surface area (Å²) in [6, 6.07) is 9.50. The van der Waals surface area contributed by atoms with Crippen molar-refractivity contribution in [3.63, 3.8) is 0 Å². The Labute approximate surface area is 206 Å². The number of hydrogen-bond donors (Lipinski definition) is 0. The van der Waals surface area contributed by atoms with Crippen LogP contribution in [0, 0.1) is 5.82 Å². The van der Waals surface area contributed by atoms with E-state index in [0.29, 0.717) is 11.4 Å². The van der Waals surface area contributed by atoms with Gasteiger partial charge in [-0.25, -0.2) is 8.78 Å². The Balaban J connectivity index is 0.00000158. The van der Waals surface area contributed by atoms with Gasteiger partial charge in [-0.15, -0.1) is 0 Å². The molecule has 2 saturated heterocycles. The first-order valence-corrected chi connectivity index (χ1v) is 11.9. The van der Waals surface area contributed by atoms with Gasteiger partial charge in [0, 0.05) is 7.05 Å². The first-order valence-electron chi connectivity index (χ1n) is 11.5. The summed E-state index contributed by atoms with van der Waals surface area (Å²) >= 11 is 6.10. The maximum atomic E-state index is 14.4. The fourth-order valence-electron chi connectivity index (χ4n) is 3.80. The van der Waals surface area contributed by atoms with E-state index >= 15 is 0 Å². The molecule has 9 heteroatoms. The molecule has 5 nitrogen and oxygen atoms in total. The van der Waals surface area contributed by atoms with Gasteiger partial charge in [0.05, 0.1) is 46.3 Å². The van der Waals surface area contributed by atoms with Gasteiger partial charge < -0.3 is 19.1 Å². The number of alkyl halides is 1. The van der Waals surface area contributed by atoms with Gasteiger partial charge in [0.25, 0.3) is 5.91 Å². The zero-order valence-corrected chi connectivity index (χ0v) is 21.5. The normalized spacial score (nSPS) is 18.8. The lowest BCUT2D eigenvalue weighted by Crippen LogP contribution is -2.49. The molecule has 0 N–H and O–H groups in total. The van der Waals surface area contributed by atoms with E-state index in [0.717, 1.165) is 5.46 Å². The Bertz CT molecular complexity index is 1020. The van der Waals surface area contributed by atoms with Crippen molar-refractivity contribution in [3.8, 4) is 0 Å². The van der Waals surface area contributed by atoms with E-state index in [1.165, 1.54) is 23.1 Å². The number of hydrogen-bond acceptors (Lipinski definition) is 4. The molecule has 2 aromatic carbocycles. The highest BCUT2D eigenvalue weighted by Crippen LogP contribution is 2.38. The smallest absolute Gasteiger partial charge is 0.399 e. The summed E-state index contributed by atoms with van der Waals surface area (Å²) in [5.74, 6) is -1.28. The first-order chi connectivity index (χ1) is 15.9. The van der Waals surface area contributed by atoms with Crippen LogP contribution in [0.2, 0.25) is 5.02 Å². The lowest BCUT2D eigenvalue weighted by atomic mass is 9.78. The summed E-state index contributed by atoms with van der Waals surface area (Å²) < 4.78 is 40.3. The van der Waals surface area contributed by atoms with E-state index in [1.807, 2.05) is 52.5 Å². The van der Waals surface area contributed by atoms with Crippen LogP contribution in [-0.2, 0) is 9.31 Å². The molecule has 0 aliphatic carbocycles. The molecular formula is C25H32BClF2N2O3. The van der Waals surface area contributed by atoms with Crippen molar-refractivity contribution >= 4 is 41.5 Å². The Hall–Kier alpha value is -2.16. The van der Waals surface area contributed by atoms with Gasteiger partial charge >= 0.3 is 7.12 Å². The van der Waals surface area contributed by atoms with Gasteiger partial charge in [-0.2, -0.15) is 0 Å². The van der Waals surface area contributed by atoms with Gasteiger partial charge in [0.1, 0.15) is 12.0 Å². The number of nitrogens with zero attached hydrogens (tertiary/aromatic N) is 2. The number of carbonyl (C=O) groups excluding carboxylic acids is 1. The fraction of sp³-hybridized carbons (Fsp3) is 0.480. The number of amides is 1. The zero-order valence-electron chi connectivity index (χ0n) is 20.8. The minimum absolute atomic E-state index is 0.0324. The maximum absolute atomic E-state index is 14.4. The summed E-state index contributed by atoms with van der Waals surface area (Å²) in [5, 5.41) is 0.0324. The van der Waals surface area contributed by atoms with Crippen molar-refractivity contribution in [1.82, 2.24) is 0 Å². The average molecular weight is 493 g/mol. The van der Waals surface area contributed by atoms with Gasteiger partial charge in [-0.05, 0) is 57.4 Å². The Morgan fingerprint density at radius 3 is 2.24 bits per heavy atom.